The fraction of sp³-hybridized carbons (Fsp3) is 0.419. The van der Waals surface area contributed by atoms with Gasteiger partial charge in [0.05, 0.1) is 12.3 Å². The quantitative estimate of drug-likeness (QED) is 0.301. The summed E-state index contributed by atoms with van der Waals surface area (Å²) in [6.45, 7) is 3.91. The van der Waals surface area contributed by atoms with Gasteiger partial charge in [0.2, 0.25) is 21.8 Å². The van der Waals surface area contributed by atoms with Crippen LogP contribution < -0.4 is 5.73 Å². The SMILES string of the molecule is CCC(C)(N)C=CC(=O)N(C)[C@H](Cc1ccc2ccccc2c1)C(=O)N(C)[C@H](Cc1cccs1)CN(C)S(C)(=O)=O. The standard InChI is InChI=1S/C31H42N4O4S2/c1-7-31(2,32)17-16-29(36)35(5)28(20-23-14-15-24-11-8-9-12-25(24)19-23)30(37)34(4)26(21-27-13-10-18-40-27)22-33(3)41(6,38)39/h8-19,26,28H,7,20-22,32H2,1-6H3/t26-,28-,31?/m1/s1. The fourth-order valence-corrected chi connectivity index (χ4v) is 5.68. The number of hydrogen-bond donors (Lipinski definition) is 1. The van der Waals surface area contributed by atoms with Gasteiger partial charge in [0, 0.05) is 57.0 Å². The summed E-state index contributed by atoms with van der Waals surface area (Å²) >= 11 is 1.56. The molecule has 2 aromatic carbocycles. The van der Waals surface area contributed by atoms with Crippen molar-refractivity contribution in [1.29, 1.82) is 0 Å². The average Bonchev–Trinajstić information content (AvgIpc) is 3.45. The third kappa shape index (κ3) is 8.97. The zero-order valence-corrected chi connectivity index (χ0v) is 26.4. The van der Waals surface area contributed by atoms with Crippen LogP contribution in [0.25, 0.3) is 10.8 Å². The molecule has 0 saturated carbocycles. The van der Waals surface area contributed by atoms with E-state index < -0.39 is 27.6 Å². The summed E-state index contributed by atoms with van der Waals surface area (Å²) in [6, 6.07) is 16.7. The van der Waals surface area contributed by atoms with Gasteiger partial charge in [-0.25, -0.2) is 12.7 Å². The van der Waals surface area contributed by atoms with Crippen LogP contribution in [0.1, 0.15) is 30.7 Å². The van der Waals surface area contributed by atoms with Gasteiger partial charge in [-0.3, -0.25) is 9.59 Å². The van der Waals surface area contributed by atoms with Crippen LogP contribution in [-0.2, 0) is 32.5 Å². The van der Waals surface area contributed by atoms with Gasteiger partial charge in [-0.2, -0.15) is 0 Å². The first-order chi connectivity index (χ1) is 19.2. The highest BCUT2D eigenvalue weighted by Gasteiger charge is 2.33. The Kier molecular flexibility index (Phi) is 10.9. The first-order valence-electron chi connectivity index (χ1n) is 13.6. The molecule has 0 aliphatic heterocycles. The highest BCUT2D eigenvalue weighted by atomic mass is 32.2. The Morgan fingerprint density at radius 3 is 2.29 bits per heavy atom. The first kappa shape index (κ1) is 32.5. The van der Waals surface area contributed by atoms with Gasteiger partial charge in [-0.05, 0) is 41.1 Å². The predicted octanol–water partition coefficient (Wildman–Crippen LogP) is 3.92. The van der Waals surface area contributed by atoms with E-state index in [-0.39, 0.29) is 18.4 Å². The van der Waals surface area contributed by atoms with Crippen molar-refractivity contribution in [1.82, 2.24) is 14.1 Å². The average molecular weight is 599 g/mol. The van der Waals surface area contributed by atoms with Gasteiger partial charge in [-0.15, -0.1) is 11.3 Å². The van der Waals surface area contributed by atoms with Crippen molar-refractivity contribution in [2.45, 2.75) is 50.7 Å². The molecular formula is C31H42N4O4S2. The fourth-order valence-electron chi connectivity index (χ4n) is 4.46. The monoisotopic (exact) mass is 598 g/mol. The molecule has 0 aliphatic rings. The number of benzene rings is 2. The van der Waals surface area contributed by atoms with Crippen LogP contribution in [0.2, 0.25) is 0 Å². The molecule has 0 saturated heterocycles. The van der Waals surface area contributed by atoms with Crippen molar-refractivity contribution >= 4 is 43.9 Å². The van der Waals surface area contributed by atoms with Crippen LogP contribution in [0, 0.1) is 0 Å². The Balaban J connectivity index is 1.97. The van der Waals surface area contributed by atoms with Gasteiger partial charge in [-0.1, -0.05) is 61.5 Å². The maximum absolute atomic E-state index is 14.2. The molecule has 3 atom stereocenters. The summed E-state index contributed by atoms with van der Waals surface area (Å²) in [5.74, 6) is -0.595. The minimum absolute atomic E-state index is 0.126. The lowest BCUT2D eigenvalue weighted by Crippen LogP contribution is -2.54. The molecule has 1 heterocycles. The first-order valence-corrected chi connectivity index (χ1v) is 16.4. The van der Waals surface area contributed by atoms with Gasteiger partial charge in [0.15, 0.2) is 0 Å². The van der Waals surface area contributed by atoms with Crippen molar-refractivity contribution in [3.63, 3.8) is 0 Å². The lowest BCUT2D eigenvalue weighted by Gasteiger charge is -2.36. The van der Waals surface area contributed by atoms with E-state index in [9.17, 15) is 18.0 Å². The molecule has 10 heteroatoms. The van der Waals surface area contributed by atoms with Crippen LogP contribution in [0.5, 0.6) is 0 Å². The molecule has 0 radical (unpaired) electrons. The van der Waals surface area contributed by atoms with Crippen molar-refractivity contribution in [2.24, 2.45) is 5.73 Å². The van der Waals surface area contributed by atoms with Gasteiger partial charge in [0.25, 0.3) is 0 Å². The summed E-state index contributed by atoms with van der Waals surface area (Å²) in [6.07, 6.45) is 5.70. The summed E-state index contributed by atoms with van der Waals surface area (Å²) in [5, 5.41) is 4.09. The Labute approximate surface area is 248 Å². The van der Waals surface area contributed by atoms with Crippen molar-refractivity contribution < 1.29 is 18.0 Å². The minimum atomic E-state index is -3.47. The molecule has 0 fully saturated rings. The number of thiophene rings is 1. The molecule has 222 valence electrons. The van der Waals surface area contributed by atoms with Crippen LogP contribution in [-0.4, -0.2) is 85.9 Å². The molecule has 1 aromatic heterocycles. The molecule has 0 aliphatic carbocycles. The number of nitrogens with zero attached hydrogens (tertiary/aromatic N) is 3. The highest BCUT2D eigenvalue weighted by Crippen LogP contribution is 2.21. The normalized spacial score (nSPS) is 15.1. The zero-order chi connectivity index (χ0) is 30.4. The Morgan fingerprint density at radius 1 is 1.00 bits per heavy atom. The maximum atomic E-state index is 14.2. The van der Waals surface area contributed by atoms with E-state index in [1.165, 1.54) is 22.3 Å². The maximum Gasteiger partial charge on any atom is 0.246 e. The van der Waals surface area contributed by atoms with E-state index in [1.54, 1.807) is 36.4 Å². The largest absolute Gasteiger partial charge is 0.339 e. The molecule has 8 nitrogen and oxygen atoms in total. The Hall–Kier alpha value is -3.05. The van der Waals surface area contributed by atoms with Crippen LogP contribution in [0.4, 0.5) is 0 Å². The van der Waals surface area contributed by atoms with E-state index >= 15 is 0 Å². The summed E-state index contributed by atoms with van der Waals surface area (Å²) < 4.78 is 25.8. The van der Waals surface area contributed by atoms with Gasteiger partial charge < -0.3 is 15.5 Å². The summed E-state index contributed by atoms with van der Waals surface area (Å²) in [4.78, 5) is 31.7. The second-order valence-electron chi connectivity index (χ2n) is 11.0. The second kappa shape index (κ2) is 13.7. The smallest absolute Gasteiger partial charge is 0.246 e. The molecule has 3 aromatic rings. The number of hydrogen-bond acceptors (Lipinski definition) is 6. The van der Waals surface area contributed by atoms with Gasteiger partial charge >= 0.3 is 0 Å². The molecule has 41 heavy (non-hydrogen) atoms. The van der Waals surface area contributed by atoms with Gasteiger partial charge in [0.1, 0.15) is 6.04 Å². The third-order valence-electron chi connectivity index (χ3n) is 7.66. The van der Waals surface area contributed by atoms with Crippen molar-refractivity contribution in [2.75, 3.05) is 33.9 Å². The lowest BCUT2D eigenvalue weighted by molar-refractivity contribution is -0.143. The number of nitrogens with two attached hydrogens (primary N) is 1. The molecule has 0 bridgehead atoms. The molecule has 1 unspecified atom stereocenters. The summed E-state index contributed by atoms with van der Waals surface area (Å²) in [7, 11) is 1.36. The number of carbonyl (C=O) groups excluding carboxylic acids is 2. The van der Waals surface area contributed by atoms with E-state index in [1.807, 2.05) is 73.8 Å². The molecule has 2 amide bonds. The van der Waals surface area contributed by atoms with E-state index in [2.05, 4.69) is 0 Å². The Morgan fingerprint density at radius 2 is 1.68 bits per heavy atom. The molecule has 3 rings (SSSR count). The third-order valence-corrected chi connectivity index (χ3v) is 9.84. The highest BCUT2D eigenvalue weighted by molar-refractivity contribution is 7.88. The molecule has 2 N–H and O–H groups in total. The number of carbonyl (C=O) groups is 2. The molecule has 0 spiro atoms. The van der Waals surface area contributed by atoms with Crippen molar-refractivity contribution in [3.8, 4) is 0 Å². The van der Waals surface area contributed by atoms with Crippen molar-refractivity contribution in [3.05, 3.63) is 82.6 Å². The number of rotatable bonds is 13. The van der Waals surface area contributed by atoms with E-state index in [4.69, 9.17) is 5.73 Å². The minimum Gasteiger partial charge on any atom is -0.339 e. The molecular weight excluding hydrogens is 556 g/mol. The Bertz CT molecular complexity index is 1470. The topological polar surface area (TPSA) is 104 Å². The lowest BCUT2D eigenvalue weighted by atomic mass is 9.98. The van der Waals surface area contributed by atoms with E-state index in [0.717, 1.165) is 27.5 Å². The predicted molar refractivity (Wildman–Crippen MR) is 168 cm³/mol. The van der Waals surface area contributed by atoms with Crippen LogP contribution in [0.15, 0.2) is 72.1 Å². The number of sulfonamides is 1. The summed E-state index contributed by atoms with van der Waals surface area (Å²) in [5.41, 5.74) is 6.50. The van der Waals surface area contributed by atoms with Crippen LogP contribution in [0.3, 0.4) is 0 Å². The van der Waals surface area contributed by atoms with Crippen LogP contribution >= 0.6 is 11.3 Å². The number of fused-ring (bicyclic) bond motifs is 1. The second-order valence-corrected chi connectivity index (χ2v) is 14.1. The zero-order valence-electron chi connectivity index (χ0n) is 24.8. The number of amides is 2. The number of likely N-dealkylation sites (N-methyl/N-ethyl adjacent to an activating group) is 3. The van der Waals surface area contributed by atoms with E-state index in [0.29, 0.717) is 19.3 Å².